The fraction of sp³-hybridized carbons (Fsp3) is 0.810. The van der Waals surface area contributed by atoms with Gasteiger partial charge in [0.2, 0.25) is 0 Å². The number of carbonyl (C=O) groups is 1. The Hall–Kier alpha value is -1.56. The Balaban J connectivity index is 1.31. The maximum absolute atomic E-state index is 13.2. The molecule has 1 aromatic rings. The first-order valence-corrected chi connectivity index (χ1v) is 10.8. The van der Waals surface area contributed by atoms with Crippen molar-refractivity contribution in [3.63, 3.8) is 0 Å². The van der Waals surface area contributed by atoms with Gasteiger partial charge in [0.15, 0.2) is 0 Å². The number of nitrogens with one attached hydrogen (secondary N) is 1. The van der Waals surface area contributed by atoms with Gasteiger partial charge in [-0.2, -0.15) is 5.10 Å². The second-order valence-corrected chi connectivity index (χ2v) is 9.55. The number of carbonyl (C=O) groups excluding carboxylic acids is 1. The molecule has 0 radical (unpaired) electrons. The van der Waals surface area contributed by atoms with Gasteiger partial charge in [-0.05, 0) is 74.5 Å². The summed E-state index contributed by atoms with van der Waals surface area (Å²) < 4.78 is 1.84. The summed E-state index contributed by atoms with van der Waals surface area (Å²) in [7, 11) is 1.92. The topological polar surface area (TPSA) is 70.4 Å². The molecule has 27 heavy (non-hydrogen) atoms. The van der Waals surface area contributed by atoms with E-state index in [4.69, 9.17) is 0 Å². The number of anilines is 1. The summed E-state index contributed by atoms with van der Waals surface area (Å²) in [6.07, 6.45) is 10.4. The number of aryl methyl sites for hydroxylation is 1. The third-order valence-electron chi connectivity index (χ3n) is 7.85. The summed E-state index contributed by atoms with van der Waals surface area (Å²) >= 11 is 0. The number of piperidine rings is 1. The number of aliphatic hydroxyl groups is 1. The van der Waals surface area contributed by atoms with Gasteiger partial charge in [-0.3, -0.25) is 9.48 Å². The quantitative estimate of drug-likeness (QED) is 0.850. The minimum absolute atomic E-state index is 0.0554. The van der Waals surface area contributed by atoms with E-state index in [9.17, 15) is 9.90 Å². The zero-order valence-electron chi connectivity index (χ0n) is 16.3. The van der Waals surface area contributed by atoms with Crippen LogP contribution in [0.1, 0.15) is 55.3 Å². The van der Waals surface area contributed by atoms with E-state index >= 15 is 0 Å². The minimum atomic E-state index is 0.0554. The van der Waals surface area contributed by atoms with Gasteiger partial charge in [-0.15, -0.1) is 0 Å². The van der Waals surface area contributed by atoms with E-state index in [-0.39, 0.29) is 12.5 Å². The molecule has 2 N–H and O–H groups in total. The van der Waals surface area contributed by atoms with Crippen LogP contribution in [0.25, 0.3) is 0 Å². The van der Waals surface area contributed by atoms with Crippen molar-refractivity contribution < 1.29 is 9.90 Å². The van der Waals surface area contributed by atoms with Crippen molar-refractivity contribution in [2.45, 2.75) is 51.0 Å². The second kappa shape index (κ2) is 6.80. The summed E-state index contributed by atoms with van der Waals surface area (Å²) in [4.78, 5) is 15.5. The van der Waals surface area contributed by atoms with E-state index in [1.807, 2.05) is 11.7 Å². The Kier molecular flexibility index (Phi) is 4.42. The van der Waals surface area contributed by atoms with Crippen LogP contribution < -0.4 is 10.2 Å². The Bertz CT molecular complexity index is 679. The van der Waals surface area contributed by atoms with Crippen molar-refractivity contribution >= 4 is 11.7 Å². The molecule has 148 valence electrons. The van der Waals surface area contributed by atoms with E-state index in [0.717, 1.165) is 43.6 Å². The highest BCUT2D eigenvalue weighted by Crippen LogP contribution is 2.53. The molecule has 4 saturated carbocycles. The summed E-state index contributed by atoms with van der Waals surface area (Å²) in [6.45, 7) is 2.02. The van der Waals surface area contributed by atoms with Crippen molar-refractivity contribution in [1.82, 2.24) is 15.1 Å². The number of nitrogens with zero attached hydrogens (tertiary/aromatic N) is 3. The van der Waals surface area contributed by atoms with Crippen molar-refractivity contribution in [3.05, 3.63) is 11.8 Å². The molecule has 4 bridgehead atoms. The van der Waals surface area contributed by atoms with E-state index in [0.29, 0.717) is 29.4 Å². The number of aromatic nitrogens is 2. The lowest BCUT2D eigenvalue weighted by molar-refractivity contribution is -0.0119. The lowest BCUT2D eigenvalue weighted by atomic mass is 9.54. The molecular formula is C21H32N4O2. The number of rotatable bonds is 4. The molecule has 6 rings (SSSR count). The Morgan fingerprint density at radius 3 is 2.37 bits per heavy atom. The average molecular weight is 373 g/mol. The average Bonchev–Trinajstić information content (AvgIpc) is 3.05. The van der Waals surface area contributed by atoms with Crippen molar-refractivity contribution in [2.24, 2.45) is 36.6 Å². The van der Waals surface area contributed by atoms with E-state index < -0.39 is 0 Å². The van der Waals surface area contributed by atoms with Gasteiger partial charge in [0.25, 0.3) is 5.91 Å². The number of amides is 1. The van der Waals surface area contributed by atoms with Crippen molar-refractivity contribution in [1.29, 1.82) is 0 Å². The van der Waals surface area contributed by atoms with Crippen LogP contribution >= 0.6 is 0 Å². The van der Waals surface area contributed by atoms with Crippen molar-refractivity contribution in [3.8, 4) is 0 Å². The highest BCUT2D eigenvalue weighted by molar-refractivity contribution is 5.99. The molecule has 5 fully saturated rings. The van der Waals surface area contributed by atoms with Gasteiger partial charge in [0.05, 0.1) is 6.20 Å². The van der Waals surface area contributed by atoms with E-state index in [1.165, 1.54) is 32.1 Å². The lowest BCUT2D eigenvalue weighted by Crippen LogP contribution is -2.55. The molecule has 4 aliphatic carbocycles. The summed E-state index contributed by atoms with van der Waals surface area (Å²) in [5.74, 6) is 4.59. The van der Waals surface area contributed by atoms with E-state index in [1.54, 1.807) is 6.20 Å². The smallest absolute Gasteiger partial charge is 0.256 e. The minimum Gasteiger partial charge on any atom is -0.396 e. The monoisotopic (exact) mass is 372 g/mol. The third kappa shape index (κ3) is 3.06. The molecule has 1 aliphatic heterocycles. The molecule has 1 amide bonds. The summed E-state index contributed by atoms with van der Waals surface area (Å²) in [6, 6.07) is 0.360. The fourth-order valence-electron chi connectivity index (χ4n) is 6.68. The van der Waals surface area contributed by atoms with Crippen LogP contribution in [0.3, 0.4) is 0 Å². The zero-order valence-corrected chi connectivity index (χ0v) is 16.3. The Morgan fingerprint density at radius 2 is 1.78 bits per heavy atom. The van der Waals surface area contributed by atoms with Gasteiger partial charge < -0.3 is 15.3 Å². The standard InChI is InChI=1S/C21H32N4O2/c1-24-21(25-4-2-13(12-26)3-5-25)18(11-22-24)20(27)23-19-16-7-14-6-15(9-16)10-17(19)8-14/h11,13-17,19,26H,2-10,12H2,1H3,(H,23,27). The largest absolute Gasteiger partial charge is 0.396 e. The maximum Gasteiger partial charge on any atom is 0.256 e. The predicted octanol–water partition coefficient (Wildman–Crippen LogP) is 2.18. The highest BCUT2D eigenvalue weighted by atomic mass is 16.3. The van der Waals surface area contributed by atoms with Crippen LogP contribution in [0.15, 0.2) is 6.20 Å². The van der Waals surface area contributed by atoms with Crippen molar-refractivity contribution in [2.75, 3.05) is 24.6 Å². The lowest BCUT2D eigenvalue weighted by Gasteiger charge is -2.54. The zero-order chi connectivity index (χ0) is 18.5. The SMILES string of the molecule is Cn1ncc(C(=O)NC2C3CC4CC(C3)CC2C4)c1N1CCC(CO)CC1. The van der Waals surface area contributed by atoms with Gasteiger partial charge in [-0.1, -0.05) is 0 Å². The molecule has 0 aromatic carbocycles. The molecule has 0 spiro atoms. The van der Waals surface area contributed by atoms with Gasteiger partial charge in [0.1, 0.15) is 11.4 Å². The van der Waals surface area contributed by atoms with Gasteiger partial charge >= 0.3 is 0 Å². The molecule has 6 heteroatoms. The van der Waals surface area contributed by atoms with Gasteiger partial charge in [0, 0.05) is 32.8 Å². The summed E-state index contributed by atoms with van der Waals surface area (Å²) in [5.41, 5.74) is 0.716. The normalized spacial score (nSPS) is 35.6. The van der Waals surface area contributed by atoms with E-state index in [2.05, 4.69) is 15.3 Å². The highest BCUT2D eigenvalue weighted by Gasteiger charge is 2.48. The van der Waals surface area contributed by atoms with Crippen LogP contribution in [0, 0.1) is 29.6 Å². The van der Waals surface area contributed by atoms with Crippen LogP contribution in [0.5, 0.6) is 0 Å². The van der Waals surface area contributed by atoms with Gasteiger partial charge in [-0.25, -0.2) is 0 Å². The number of aliphatic hydroxyl groups excluding tert-OH is 1. The molecule has 2 heterocycles. The van der Waals surface area contributed by atoms with Crippen LogP contribution in [0.4, 0.5) is 5.82 Å². The number of hydrogen-bond donors (Lipinski definition) is 2. The molecule has 0 unspecified atom stereocenters. The molecular weight excluding hydrogens is 340 g/mol. The van der Waals surface area contributed by atoms with Crippen LogP contribution in [-0.2, 0) is 7.05 Å². The predicted molar refractivity (Wildman–Crippen MR) is 104 cm³/mol. The first-order valence-electron chi connectivity index (χ1n) is 10.8. The molecule has 1 saturated heterocycles. The third-order valence-corrected chi connectivity index (χ3v) is 7.85. The van der Waals surface area contributed by atoms with Crippen LogP contribution in [-0.4, -0.2) is 46.5 Å². The Morgan fingerprint density at radius 1 is 1.15 bits per heavy atom. The Labute approximate surface area is 161 Å². The first kappa shape index (κ1) is 17.5. The molecule has 1 aromatic heterocycles. The van der Waals surface area contributed by atoms with Crippen LogP contribution in [0.2, 0.25) is 0 Å². The maximum atomic E-state index is 13.2. The first-order chi connectivity index (χ1) is 13.1. The number of hydrogen-bond acceptors (Lipinski definition) is 4. The molecule has 6 nitrogen and oxygen atoms in total. The second-order valence-electron chi connectivity index (χ2n) is 9.55. The molecule has 5 aliphatic rings. The fourth-order valence-corrected chi connectivity index (χ4v) is 6.68. The summed E-state index contributed by atoms with van der Waals surface area (Å²) in [5, 5.41) is 17.2. The molecule has 0 atom stereocenters.